The summed E-state index contributed by atoms with van der Waals surface area (Å²) < 4.78 is 32.0. The number of ether oxygens (including phenoxy) is 6. The molecule has 0 spiro atoms. The van der Waals surface area contributed by atoms with E-state index in [0.29, 0.717) is 36.7 Å². The van der Waals surface area contributed by atoms with E-state index in [-0.39, 0.29) is 37.9 Å². The third-order valence-electron chi connectivity index (χ3n) is 6.63. The zero-order valence-electron chi connectivity index (χ0n) is 25.4. The summed E-state index contributed by atoms with van der Waals surface area (Å²) in [6.45, 7) is 7.89. The molecule has 0 unspecified atom stereocenters. The highest BCUT2D eigenvalue weighted by atomic mass is 16.6. The second kappa shape index (κ2) is 19.4. The van der Waals surface area contributed by atoms with Crippen LogP contribution in [0.3, 0.4) is 0 Å². The first kappa shape index (κ1) is 34.6. The Labute approximate surface area is 263 Å². The van der Waals surface area contributed by atoms with E-state index in [9.17, 15) is 19.2 Å². The summed E-state index contributed by atoms with van der Waals surface area (Å²) >= 11 is 0. The summed E-state index contributed by atoms with van der Waals surface area (Å²) in [6.07, 6.45) is 10.1. The van der Waals surface area contributed by atoms with Crippen molar-refractivity contribution in [3.63, 3.8) is 0 Å². The molecule has 0 radical (unpaired) electrons. The maximum atomic E-state index is 12.2. The van der Waals surface area contributed by atoms with Crippen molar-refractivity contribution in [3.05, 3.63) is 85.0 Å². The van der Waals surface area contributed by atoms with Crippen LogP contribution in [0.4, 0.5) is 0 Å². The molecule has 0 amide bonds. The van der Waals surface area contributed by atoms with Gasteiger partial charge in [-0.2, -0.15) is 0 Å². The van der Waals surface area contributed by atoms with Crippen molar-refractivity contribution >= 4 is 30.0 Å². The van der Waals surface area contributed by atoms with Crippen LogP contribution in [0.15, 0.2) is 79.4 Å². The van der Waals surface area contributed by atoms with E-state index >= 15 is 0 Å². The molecule has 0 saturated heterocycles. The van der Waals surface area contributed by atoms with E-state index < -0.39 is 23.9 Å². The van der Waals surface area contributed by atoms with Gasteiger partial charge < -0.3 is 28.4 Å². The molecule has 1 saturated carbocycles. The van der Waals surface area contributed by atoms with E-state index in [4.69, 9.17) is 28.4 Å². The first-order valence-electron chi connectivity index (χ1n) is 15.0. The van der Waals surface area contributed by atoms with Gasteiger partial charge in [-0.05, 0) is 86.6 Å². The number of unbranched alkanes of at least 4 members (excludes halogenated alkanes) is 1. The molecule has 1 fully saturated rings. The lowest BCUT2D eigenvalue weighted by Crippen LogP contribution is -2.22. The Bertz CT molecular complexity index is 1300. The van der Waals surface area contributed by atoms with Crippen LogP contribution in [0.2, 0.25) is 0 Å². The van der Waals surface area contributed by atoms with E-state index in [0.717, 1.165) is 37.3 Å². The molecule has 0 bridgehead atoms. The van der Waals surface area contributed by atoms with Gasteiger partial charge >= 0.3 is 23.9 Å². The molecule has 0 heterocycles. The summed E-state index contributed by atoms with van der Waals surface area (Å²) in [5.41, 5.74) is 0.882. The van der Waals surface area contributed by atoms with Crippen LogP contribution in [0, 0.1) is 0 Å². The Morgan fingerprint density at radius 1 is 0.733 bits per heavy atom. The molecule has 10 heteroatoms. The van der Waals surface area contributed by atoms with Gasteiger partial charge in [-0.3, -0.25) is 4.79 Å². The standard InChI is InChI=1S/C35H40O10/c1-3-32(36)42-24-23-41-29-16-18-31(19-17-29)44-33(37)20-13-27-11-14-28(15-12-27)40-21-7-8-22-43-35(39)26(2)25-34(38)45-30-9-5-4-6-10-30/h3,11-20,30H,1-2,4-10,21-25H2/b20-13+. The Morgan fingerprint density at radius 2 is 1.36 bits per heavy atom. The van der Waals surface area contributed by atoms with Crippen LogP contribution in [0.1, 0.15) is 56.9 Å². The second-order valence-electron chi connectivity index (χ2n) is 10.2. The Morgan fingerprint density at radius 3 is 2.04 bits per heavy atom. The molecule has 0 aromatic heterocycles. The molecule has 2 aromatic rings. The molecule has 3 rings (SSSR count). The third kappa shape index (κ3) is 14.0. The van der Waals surface area contributed by atoms with Gasteiger partial charge in [0, 0.05) is 17.7 Å². The van der Waals surface area contributed by atoms with Crippen molar-refractivity contribution in [3.8, 4) is 17.2 Å². The van der Waals surface area contributed by atoms with Gasteiger partial charge in [0.15, 0.2) is 0 Å². The van der Waals surface area contributed by atoms with E-state index in [1.807, 2.05) is 12.1 Å². The lowest BCUT2D eigenvalue weighted by atomic mass is 9.98. The topological polar surface area (TPSA) is 124 Å². The average molecular weight is 621 g/mol. The number of carbonyl (C=O) groups excluding carboxylic acids is 4. The Hall–Kier alpha value is -4.86. The lowest BCUT2D eigenvalue weighted by molar-refractivity contribution is -0.151. The minimum absolute atomic E-state index is 0.0556. The van der Waals surface area contributed by atoms with Crippen molar-refractivity contribution in [2.75, 3.05) is 26.4 Å². The minimum atomic E-state index is -0.589. The highest BCUT2D eigenvalue weighted by Gasteiger charge is 2.20. The molecule has 1 aliphatic rings. The van der Waals surface area contributed by atoms with Gasteiger partial charge in [-0.1, -0.05) is 31.7 Å². The fraction of sp³-hybridized carbons (Fsp3) is 0.371. The minimum Gasteiger partial charge on any atom is -0.494 e. The largest absolute Gasteiger partial charge is 0.494 e. The summed E-state index contributed by atoms with van der Waals surface area (Å²) in [7, 11) is 0. The van der Waals surface area contributed by atoms with Gasteiger partial charge in [0.1, 0.15) is 36.6 Å². The summed E-state index contributed by atoms with van der Waals surface area (Å²) in [5.74, 6) is -0.519. The van der Waals surface area contributed by atoms with Crippen LogP contribution in [0.25, 0.3) is 6.08 Å². The molecule has 45 heavy (non-hydrogen) atoms. The van der Waals surface area contributed by atoms with Crippen LogP contribution >= 0.6 is 0 Å². The molecule has 10 nitrogen and oxygen atoms in total. The predicted molar refractivity (Wildman–Crippen MR) is 167 cm³/mol. The van der Waals surface area contributed by atoms with Gasteiger partial charge in [0.25, 0.3) is 0 Å². The zero-order valence-corrected chi connectivity index (χ0v) is 25.4. The van der Waals surface area contributed by atoms with Gasteiger partial charge in [-0.25, -0.2) is 14.4 Å². The number of hydrogen-bond donors (Lipinski definition) is 0. The number of hydrogen-bond acceptors (Lipinski definition) is 10. The lowest BCUT2D eigenvalue weighted by Gasteiger charge is -2.21. The summed E-state index contributed by atoms with van der Waals surface area (Å²) in [4.78, 5) is 47.3. The maximum absolute atomic E-state index is 12.2. The molecule has 0 N–H and O–H groups in total. The van der Waals surface area contributed by atoms with Crippen LogP contribution in [-0.2, 0) is 33.4 Å². The van der Waals surface area contributed by atoms with E-state index in [2.05, 4.69) is 13.2 Å². The molecule has 2 aromatic carbocycles. The van der Waals surface area contributed by atoms with Crippen LogP contribution in [-0.4, -0.2) is 56.4 Å². The van der Waals surface area contributed by atoms with Crippen LogP contribution < -0.4 is 14.2 Å². The van der Waals surface area contributed by atoms with Crippen molar-refractivity contribution in [1.82, 2.24) is 0 Å². The first-order valence-corrected chi connectivity index (χ1v) is 15.0. The molecule has 0 aliphatic heterocycles. The number of benzene rings is 2. The molecule has 1 aliphatic carbocycles. The fourth-order valence-corrected chi connectivity index (χ4v) is 4.27. The maximum Gasteiger partial charge on any atom is 0.336 e. The average Bonchev–Trinajstić information content (AvgIpc) is 3.05. The van der Waals surface area contributed by atoms with Crippen molar-refractivity contribution < 1.29 is 47.6 Å². The number of rotatable bonds is 18. The Balaban J connectivity index is 1.26. The predicted octanol–water partition coefficient (Wildman–Crippen LogP) is 5.94. The molecular weight excluding hydrogens is 580 g/mol. The van der Waals surface area contributed by atoms with Crippen molar-refractivity contribution in [2.24, 2.45) is 0 Å². The monoisotopic (exact) mass is 620 g/mol. The first-order chi connectivity index (χ1) is 21.8. The molecular formula is C35H40O10. The SMILES string of the molecule is C=CC(=O)OCCOc1ccc(OC(=O)/C=C/c2ccc(OCCCCOC(=O)C(=C)CC(=O)OC3CCCCC3)cc2)cc1. The molecule has 0 atom stereocenters. The second-order valence-corrected chi connectivity index (χ2v) is 10.2. The highest BCUT2D eigenvalue weighted by molar-refractivity contribution is 5.93. The Kier molecular flexibility index (Phi) is 14.9. The van der Waals surface area contributed by atoms with Crippen molar-refractivity contribution in [1.29, 1.82) is 0 Å². The van der Waals surface area contributed by atoms with E-state index in [1.54, 1.807) is 42.5 Å². The molecule has 240 valence electrons. The fourth-order valence-electron chi connectivity index (χ4n) is 4.27. The van der Waals surface area contributed by atoms with Gasteiger partial charge in [0.2, 0.25) is 0 Å². The number of esters is 4. The van der Waals surface area contributed by atoms with E-state index in [1.165, 1.54) is 12.5 Å². The van der Waals surface area contributed by atoms with Gasteiger partial charge in [-0.15, -0.1) is 0 Å². The quantitative estimate of drug-likeness (QED) is 0.0650. The third-order valence-corrected chi connectivity index (χ3v) is 6.63. The van der Waals surface area contributed by atoms with Gasteiger partial charge in [0.05, 0.1) is 19.6 Å². The smallest absolute Gasteiger partial charge is 0.336 e. The number of carbonyl (C=O) groups is 4. The van der Waals surface area contributed by atoms with Crippen LogP contribution in [0.5, 0.6) is 17.2 Å². The normalized spacial score (nSPS) is 13.0. The highest BCUT2D eigenvalue weighted by Crippen LogP contribution is 2.21. The van der Waals surface area contributed by atoms with Crippen molar-refractivity contribution in [2.45, 2.75) is 57.5 Å². The summed E-state index contributed by atoms with van der Waals surface area (Å²) in [5, 5.41) is 0. The summed E-state index contributed by atoms with van der Waals surface area (Å²) in [6, 6.07) is 13.7. The zero-order chi connectivity index (χ0) is 32.3.